The van der Waals surface area contributed by atoms with Crippen LogP contribution >= 0.6 is 11.8 Å². The van der Waals surface area contributed by atoms with Crippen molar-refractivity contribution in [1.82, 2.24) is 29.3 Å². The van der Waals surface area contributed by atoms with E-state index in [9.17, 15) is 13.2 Å². The maximum Gasteiger partial charge on any atom is 0.320 e. The van der Waals surface area contributed by atoms with E-state index in [0.29, 0.717) is 27.7 Å². The number of halogens is 3. The van der Waals surface area contributed by atoms with Crippen LogP contribution in [0.5, 0.6) is 0 Å². The molecule has 0 radical (unpaired) electrons. The zero-order chi connectivity index (χ0) is 22.1. The topological polar surface area (TPSA) is 61.4 Å². The summed E-state index contributed by atoms with van der Waals surface area (Å²) in [6.07, 6.45) is 3.27. The number of hydrogen-bond donors (Lipinski definition) is 0. The number of fused-ring (bicyclic) bond motifs is 1. The number of thioether (sulfide) groups is 1. The molecule has 0 saturated carbocycles. The number of nitrogens with zero attached hydrogens (tertiary/aromatic N) is 6. The lowest BCUT2D eigenvalue weighted by molar-refractivity contribution is 0.0722. The van der Waals surface area contributed by atoms with E-state index in [4.69, 9.17) is 0 Å². The lowest BCUT2D eigenvalue weighted by atomic mass is 10.2. The largest absolute Gasteiger partial charge is 0.320 e. The Labute approximate surface area is 184 Å². The molecule has 6 nitrogen and oxygen atoms in total. The first-order valence-electron chi connectivity index (χ1n) is 9.60. The molecule has 0 aliphatic rings. The van der Waals surface area contributed by atoms with Crippen molar-refractivity contribution in [3.8, 4) is 17.1 Å². The van der Waals surface area contributed by atoms with E-state index in [0.717, 1.165) is 10.1 Å². The number of rotatable bonds is 6. The van der Waals surface area contributed by atoms with E-state index in [2.05, 4.69) is 20.2 Å². The number of pyridine rings is 1. The number of benzene rings is 2. The van der Waals surface area contributed by atoms with Gasteiger partial charge in [-0.3, -0.25) is 14.1 Å². The van der Waals surface area contributed by atoms with Gasteiger partial charge in [-0.15, -0.1) is 10.2 Å². The molecule has 5 rings (SSSR count). The van der Waals surface area contributed by atoms with E-state index in [1.165, 1.54) is 23.9 Å². The second kappa shape index (κ2) is 8.46. The predicted molar refractivity (Wildman–Crippen MR) is 115 cm³/mol. The first-order chi connectivity index (χ1) is 15.6. The molecule has 0 atom stereocenters. The van der Waals surface area contributed by atoms with Crippen molar-refractivity contribution in [3.05, 3.63) is 84.7 Å². The molecule has 2 aromatic carbocycles. The van der Waals surface area contributed by atoms with Gasteiger partial charge >= 0.3 is 6.55 Å². The van der Waals surface area contributed by atoms with Gasteiger partial charge in [-0.25, -0.2) is 9.37 Å². The van der Waals surface area contributed by atoms with Crippen molar-refractivity contribution in [2.75, 3.05) is 0 Å². The van der Waals surface area contributed by atoms with E-state index in [1.807, 2.05) is 0 Å². The Hall–Kier alpha value is -3.66. The third-order valence-electron chi connectivity index (χ3n) is 4.85. The summed E-state index contributed by atoms with van der Waals surface area (Å²) in [5.41, 5.74) is 2.29. The molecular weight excluding hydrogens is 437 g/mol. The normalized spacial score (nSPS) is 11.5. The molecule has 0 amide bonds. The van der Waals surface area contributed by atoms with Crippen molar-refractivity contribution in [2.24, 2.45) is 0 Å². The standard InChI is InChI=1S/C22H15F3N6S/c23-15-5-7-16(8-6-15)30-20(14-9-11-26-12-10-14)28-29-22(30)32-13-19-27-17-3-1-2-4-18(17)31(19)21(24)25/h1-12,21H,13H2. The number of aromatic nitrogens is 6. The Bertz CT molecular complexity index is 1370. The lowest BCUT2D eigenvalue weighted by Crippen LogP contribution is -2.04. The average molecular weight is 452 g/mol. The Kier molecular flexibility index (Phi) is 5.36. The highest BCUT2D eigenvalue weighted by Crippen LogP contribution is 2.31. The number of imidazole rings is 1. The van der Waals surface area contributed by atoms with E-state index in [1.54, 1.807) is 65.5 Å². The van der Waals surface area contributed by atoms with Crippen LogP contribution in [-0.4, -0.2) is 29.3 Å². The molecule has 0 saturated heterocycles. The quantitative estimate of drug-likeness (QED) is 0.318. The fraction of sp³-hybridized carbons (Fsp3) is 0.0909. The number of para-hydroxylation sites is 2. The highest BCUT2D eigenvalue weighted by Gasteiger charge is 2.20. The zero-order valence-corrected chi connectivity index (χ0v) is 17.3. The Morgan fingerprint density at radius 2 is 1.66 bits per heavy atom. The molecule has 32 heavy (non-hydrogen) atoms. The molecule has 5 aromatic rings. The van der Waals surface area contributed by atoms with Crippen LogP contribution in [0, 0.1) is 5.82 Å². The highest BCUT2D eigenvalue weighted by atomic mass is 32.2. The minimum Gasteiger partial charge on any atom is -0.270 e. The minimum atomic E-state index is -2.72. The van der Waals surface area contributed by atoms with E-state index < -0.39 is 6.55 Å². The second-order valence-corrected chi connectivity index (χ2v) is 7.75. The van der Waals surface area contributed by atoms with Crippen LogP contribution < -0.4 is 0 Å². The van der Waals surface area contributed by atoms with Gasteiger partial charge in [0, 0.05) is 23.6 Å². The molecular formula is C22H15F3N6S. The van der Waals surface area contributed by atoms with Crippen LogP contribution in [0.3, 0.4) is 0 Å². The van der Waals surface area contributed by atoms with Crippen molar-refractivity contribution in [3.63, 3.8) is 0 Å². The van der Waals surface area contributed by atoms with Gasteiger partial charge in [0.15, 0.2) is 11.0 Å². The van der Waals surface area contributed by atoms with Gasteiger partial charge < -0.3 is 0 Å². The summed E-state index contributed by atoms with van der Waals surface area (Å²) in [6.45, 7) is -2.72. The minimum absolute atomic E-state index is 0.148. The molecule has 0 bridgehead atoms. The van der Waals surface area contributed by atoms with Crippen LogP contribution in [0.1, 0.15) is 12.4 Å². The van der Waals surface area contributed by atoms with Gasteiger partial charge in [0.25, 0.3) is 0 Å². The monoisotopic (exact) mass is 452 g/mol. The summed E-state index contributed by atoms with van der Waals surface area (Å²) in [5, 5.41) is 9.03. The molecule has 0 unspecified atom stereocenters. The molecule has 3 heterocycles. The van der Waals surface area contributed by atoms with Crippen molar-refractivity contribution in [2.45, 2.75) is 17.5 Å². The van der Waals surface area contributed by atoms with Crippen LogP contribution in [0.25, 0.3) is 28.1 Å². The maximum absolute atomic E-state index is 13.8. The molecule has 0 fully saturated rings. The number of alkyl halides is 2. The van der Waals surface area contributed by atoms with Crippen LogP contribution in [0.15, 0.2) is 78.2 Å². The van der Waals surface area contributed by atoms with Crippen molar-refractivity contribution < 1.29 is 13.2 Å². The van der Waals surface area contributed by atoms with Gasteiger partial charge in [0.1, 0.15) is 11.6 Å². The summed E-state index contributed by atoms with van der Waals surface area (Å²) < 4.78 is 43.7. The molecule has 0 N–H and O–H groups in total. The molecule has 0 aliphatic heterocycles. The third kappa shape index (κ3) is 3.73. The summed E-state index contributed by atoms with van der Waals surface area (Å²) in [6, 6.07) is 16.3. The Balaban J connectivity index is 1.55. The molecule has 10 heteroatoms. The van der Waals surface area contributed by atoms with Crippen LogP contribution in [-0.2, 0) is 5.75 Å². The summed E-state index contributed by atoms with van der Waals surface area (Å²) in [4.78, 5) is 8.40. The summed E-state index contributed by atoms with van der Waals surface area (Å²) in [7, 11) is 0. The van der Waals surface area contributed by atoms with Gasteiger partial charge in [-0.05, 0) is 48.5 Å². The highest BCUT2D eigenvalue weighted by molar-refractivity contribution is 7.98. The van der Waals surface area contributed by atoms with Gasteiger partial charge in [-0.2, -0.15) is 8.78 Å². The summed E-state index contributed by atoms with van der Waals surface area (Å²) >= 11 is 1.22. The second-order valence-electron chi connectivity index (χ2n) is 6.81. The first-order valence-corrected chi connectivity index (χ1v) is 10.6. The predicted octanol–water partition coefficient (Wildman–Crippen LogP) is 5.51. The van der Waals surface area contributed by atoms with Crippen molar-refractivity contribution >= 4 is 22.8 Å². The first kappa shape index (κ1) is 20.3. The van der Waals surface area contributed by atoms with Gasteiger partial charge in [0.2, 0.25) is 0 Å². The molecule has 0 spiro atoms. The average Bonchev–Trinajstić information content (AvgIpc) is 3.40. The molecule has 160 valence electrons. The Morgan fingerprint density at radius 3 is 2.41 bits per heavy atom. The SMILES string of the molecule is Fc1ccc(-n2c(SCc3nc4ccccc4n3C(F)F)nnc2-c2ccncc2)cc1. The maximum atomic E-state index is 13.8. The fourth-order valence-electron chi connectivity index (χ4n) is 3.42. The summed E-state index contributed by atoms with van der Waals surface area (Å²) in [5.74, 6) is 0.538. The van der Waals surface area contributed by atoms with E-state index in [-0.39, 0.29) is 17.4 Å². The fourth-order valence-corrected chi connectivity index (χ4v) is 4.30. The van der Waals surface area contributed by atoms with Crippen molar-refractivity contribution in [1.29, 1.82) is 0 Å². The van der Waals surface area contributed by atoms with Crippen LogP contribution in [0.4, 0.5) is 13.2 Å². The van der Waals surface area contributed by atoms with E-state index >= 15 is 0 Å². The lowest BCUT2D eigenvalue weighted by Gasteiger charge is -2.11. The molecule has 3 aromatic heterocycles. The Morgan fingerprint density at radius 1 is 0.906 bits per heavy atom. The van der Waals surface area contributed by atoms with Gasteiger partial charge in [-0.1, -0.05) is 23.9 Å². The zero-order valence-electron chi connectivity index (χ0n) is 16.4. The van der Waals surface area contributed by atoms with Crippen LogP contribution in [0.2, 0.25) is 0 Å². The number of hydrogen-bond acceptors (Lipinski definition) is 5. The smallest absolute Gasteiger partial charge is 0.270 e. The van der Waals surface area contributed by atoms with Gasteiger partial charge in [0.05, 0.1) is 16.8 Å². The molecule has 0 aliphatic carbocycles. The third-order valence-corrected chi connectivity index (χ3v) is 5.78.